The first-order valence-corrected chi connectivity index (χ1v) is 4.14. The summed E-state index contributed by atoms with van der Waals surface area (Å²) in [5, 5.41) is 28.0. The molecule has 0 bridgehead atoms. The van der Waals surface area contributed by atoms with Crippen molar-refractivity contribution in [3.05, 3.63) is 39.9 Å². The first-order chi connectivity index (χ1) is 7.00. The number of carboxylic acids is 1. The fraction of sp³-hybridized carbons (Fsp3) is 0.222. The number of carbonyl (C=O) groups is 1. The van der Waals surface area contributed by atoms with E-state index in [1.165, 1.54) is 24.3 Å². The van der Waals surface area contributed by atoms with Gasteiger partial charge in [-0.2, -0.15) is 0 Å². The average molecular weight is 211 g/mol. The van der Waals surface area contributed by atoms with E-state index in [9.17, 15) is 14.9 Å². The summed E-state index contributed by atoms with van der Waals surface area (Å²) >= 11 is 0. The number of aliphatic carboxylic acids is 1. The van der Waals surface area contributed by atoms with Crippen LogP contribution < -0.4 is 0 Å². The van der Waals surface area contributed by atoms with Crippen LogP contribution in [0.5, 0.6) is 5.75 Å². The number of nitro groups is 1. The van der Waals surface area contributed by atoms with Crippen molar-refractivity contribution >= 4 is 5.97 Å². The van der Waals surface area contributed by atoms with E-state index < -0.39 is 23.4 Å². The summed E-state index contributed by atoms with van der Waals surface area (Å²) in [5.74, 6) is -2.44. The number of phenols is 1. The van der Waals surface area contributed by atoms with Gasteiger partial charge in [0.2, 0.25) is 6.54 Å². The number of benzene rings is 1. The van der Waals surface area contributed by atoms with Gasteiger partial charge in [0.15, 0.2) is 0 Å². The van der Waals surface area contributed by atoms with Crippen molar-refractivity contribution in [1.82, 2.24) is 0 Å². The van der Waals surface area contributed by atoms with Gasteiger partial charge in [-0.25, -0.2) is 0 Å². The normalized spacial score (nSPS) is 12.0. The highest BCUT2D eigenvalue weighted by Gasteiger charge is 2.25. The highest BCUT2D eigenvalue weighted by Crippen LogP contribution is 2.19. The second-order valence-electron chi connectivity index (χ2n) is 3.00. The molecule has 1 aromatic rings. The summed E-state index contributed by atoms with van der Waals surface area (Å²) in [6, 6.07) is 5.31. The summed E-state index contributed by atoms with van der Waals surface area (Å²) in [4.78, 5) is 20.3. The molecular weight excluding hydrogens is 202 g/mol. The van der Waals surface area contributed by atoms with Gasteiger partial charge < -0.3 is 10.2 Å². The van der Waals surface area contributed by atoms with E-state index in [2.05, 4.69) is 0 Å². The predicted molar refractivity (Wildman–Crippen MR) is 50.3 cm³/mol. The van der Waals surface area contributed by atoms with Crippen LogP contribution in [0.2, 0.25) is 0 Å². The van der Waals surface area contributed by atoms with Crippen LogP contribution in [0.15, 0.2) is 24.3 Å². The fourth-order valence-electron chi connectivity index (χ4n) is 1.18. The molecule has 0 spiro atoms. The first kappa shape index (κ1) is 11.0. The van der Waals surface area contributed by atoms with Crippen LogP contribution in [0.1, 0.15) is 11.5 Å². The lowest BCUT2D eigenvalue weighted by Crippen LogP contribution is -2.20. The Hall–Kier alpha value is -2.11. The van der Waals surface area contributed by atoms with E-state index in [4.69, 9.17) is 10.2 Å². The van der Waals surface area contributed by atoms with Crippen molar-refractivity contribution in [3.8, 4) is 5.75 Å². The highest BCUT2D eigenvalue weighted by molar-refractivity contribution is 5.76. The number of phenolic OH excluding ortho intramolecular Hbond substituents is 1. The van der Waals surface area contributed by atoms with Crippen molar-refractivity contribution in [3.63, 3.8) is 0 Å². The molecule has 1 rings (SSSR count). The molecule has 1 atom stereocenters. The Labute approximate surface area is 84.9 Å². The molecule has 0 amide bonds. The van der Waals surface area contributed by atoms with Crippen LogP contribution in [-0.2, 0) is 4.79 Å². The van der Waals surface area contributed by atoms with Crippen LogP contribution >= 0.6 is 0 Å². The smallest absolute Gasteiger partial charge is 0.317 e. The van der Waals surface area contributed by atoms with E-state index in [-0.39, 0.29) is 5.75 Å². The number of carboxylic acid groups (broad SMARTS) is 1. The zero-order chi connectivity index (χ0) is 11.4. The Morgan fingerprint density at radius 2 is 1.93 bits per heavy atom. The lowest BCUT2D eigenvalue weighted by Gasteiger charge is -2.07. The van der Waals surface area contributed by atoms with Crippen molar-refractivity contribution in [1.29, 1.82) is 0 Å². The molecule has 0 radical (unpaired) electrons. The molecule has 0 aliphatic rings. The maximum atomic E-state index is 10.8. The monoisotopic (exact) mass is 211 g/mol. The third-order valence-electron chi connectivity index (χ3n) is 1.93. The van der Waals surface area contributed by atoms with Gasteiger partial charge in [0.05, 0.1) is 0 Å². The second kappa shape index (κ2) is 4.41. The van der Waals surface area contributed by atoms with Gasteiger partial charge in [-0.15, -0.1) is 0 Å². The topological polar surface area (TPSA) is 101 Å². The first-order valence-electron chi connectivity index (χ1n) is 4.14. The molecule has 0 fully saturated rings. The Balaban J connectivity index is 2.94. The van der Waals surface area contributed by atoms with Crippen molar-refractivity contribution < 1.29 is 19.9 Å². The zero-order valence-corrected chi connectivity index (χ0v) is 7.66. The molecule has 0 saturated heterocycles. The molecule has 1 aromatic carbocycles. The largest absolute Gasteiger partial charge is 0.508 e. The molecule has 2 N–H and O–H groups in total. The van der Waals surface area contributed by atoms with Crippen molar-refractivity contribution in [2.75, 3.05) is 6.54 Å². The van der Waals surface area contributed by atoms with Gasteiger partial charge >= 0.3 is 5.97 Å². The number of rotatable bonds is 4. The van der Waals surface area contributed by atoms with Gasteiger partial charge in [0, 0.05) is 4.92 Å². The Kier molecular flexibility index (Phi) is 3.22. The standard InChI is InChI=1S/C9H9NO5/c11-7-3-1-6(2-4-7)8(9(12)13)5-10(14)15/h1-4,8,11H,5H2,(H,12,13). The molecule has 0 aromatic heterocycles. The molecule has 15 heavy (non-hydrogen) atoms. The minimum absolute atomic E-state index is 0.0102. The lowest BCUT2D eigenvalue weighted by atomic mass is 9.99. The van der Waals surface area contributed by atoms with Gasteiger partial charge in [0.1, 0.15) is 11.7 Å². The third kappa shape index (κ3) is 2.94. The zero-order valence-electron chi connectivity index (χ0n) is 7.66. The molecule has 1 unspecified atom stereocenters. The SMILES string of the molecule is O=C(O)C(C[N+](=O)[O-])c1ccc(O)cc1. The predicted octanol–water partition coefficient (Wildman–Crippen LogP) is 0.837. The quantitative estimate of drug-likeness (QED) is 0.567. The van der Waals surface area contributed by atoms with Crippen molar-refractivity contribution in [2.45, 2.75) is 5.92 Å². The summed E-state index contributed by atoms with van der Waals surface area (Å²) in [7, 11) is 0. The molecule has 80 valence electrons. The lowest BCUT2D eigenvalue weighted by molar-refractivity contribution is -0.481. The van der Waals surface area contributed by atoms with Crippen molar-refractivity contribution in [2.24, 2.45) is 0 Å². The maximum absolute atomic E-state index is 10.8. The molecular formula is C9H9NO5. The van der Waals surface area contributed by atoms with E-state index in [0.29, 0.717) is 5.56 Å². The molecule has 0 aliphatic carbocycles. The van der Waals surface area contributed by atoms with Crippen LogP contribution in [0.25, 0.3) is 0 Å². The van der Waals surface area contributed by atoms with E-state index in [0.717, 1.165) is 0 Å². The van der Waals surface area contributed by atoms with E-state index >= 15 is 0 Å². The average Bonchev–Trinajstić information content (AvgIpc) is 2.15. The van der Waals surface area contributed by atoms with E-state index in [1.807, 2.05) is 0 Å². The number of hydrogen-bond acceptors (Lipinski definition) is 4. The third-order valence-corrected chi connectivity index (χ3v) is 1.93. The minimum atomic E-state index is -1.25. The molecule has 0 saturated carbocycles. The Morgan fingerprint density at radius 3 is 2.33 bits per heavy atom. The molecule has 6 nitrogen and oxygen atoms in total. The van der Waals surface area contributed by atoms with Crippen LogP contribution in [0.4, 0.5) is 0 Å². The van der Waals surface area contributed by atoms with Crippen LogP contribution in [0, 0.1) is 10.1 Å². The molecule has 0 aliphatic heterocycles. The summed E-state index contributed by atoms with van der Waals surface area (Å²) in [6.45, 7) is -0.667. The van der Waals surface area contributed by atoms with Gasteiger partial charge in [-0.05, 0) is 17.7 Å². The highest BCUT2D eigenvalue weighted by atomic mass is 16.6. The Morgan fingerprint density at radius 1 is 1.40 bits per heavy atom. The molecule has 6 heteroatoms. The van der Waals surface area contributed by atoms with Gasteiger partial charge in [-0.1, -0.05) is 12.1 Å². The summed E-state index contributed by atoms with van der Waals surface area (Å²) < 4.78 is 0. The number of nitrogens with zero attached hydrogens (tertiary/aromatic N) is 1. The van der Waals surface area contributed by atoms with E-state index in [1.54, 1.807) is 0 Å². The molecule has 0 heterocycles. The number of aromatic hydroxyl groups is 1. The minimum Gasteiger partial charge on any atom is -0.508 e. The van der Waals surface area contributed by atoms with Gasteiger partial charge in [0.25, 0.3) is 0 Å². The number of hydrogen-bond donors (Lipinski definition) is 2. The summed E-state index contributed by atoms with van der Waals surface area (Å²) in [6.07, 6.45) is 0. The van der Waals surface area contributed by atoms with Crippen LogP contribution in [-0.4, -0.2) is 27.7 Å². The van der Waals surface area contributed by atoms with Gasteiger partial charge in [-0.3, -0.25) is 14.9 Å². The Bertz CT molecular complexity index is 373. The summed E-state index contributed by atoms with van der Waals surface area (Å²) in [5.41, 5.74) is 0.303. The van der Waals surface area contributed by atoms with Crippen LogP contribution in [0.3, 0.4) is 0 Å². The fourth-order valence-corrected chi connectivity index (χ4v) is 1.18. The second-order valence-corrected chi connectivity index (χ2v) is 3.00. The maximum Gasteiger partial charge on any atom is 0.317 e.